The number of likely N-dealkylation sites (tertiary alicyclic amines) is 1. The topological polar surface area (TPSA) is 41.1 Å². The van der Waals surface area contributed by atoms with E-state index in [0.29, 0.717) is 6.04 Å². The molecule has 2 fully saturated rings. The van der Waals surface area contributed by atoms with Crippen molar-refractivity contribution in [3.05, 3.63) is 30.3 Å². The molecule has 22 heavy (non-hydrogen) atoms. The summed E-state index contributed by atoms with van der Waals surface area (Å²) in [5, 5.41) is 4.54. The highest BCUT2D eigenvalue weighted by Crippen LogP contribution is 2.28. The van der Waals surface area contributed by atoms with Crippen LogP contribution >= 0.6 is 11.5 Å². The van der Waals surface area contributed by atoms with E-state index in [-0.39, 0.29) is 0 Å². The predicted molar refractivity (Wildman–Crippen MR) is 91.2 cm³/mol. The Balaban J connectivity index is 1.37. The molecule has 1 unspecified atom stereocenters. The summed E-state index contributed by atoms with van der Waals surface area (Å²) in [6.45, 7) is 2.39. The highest BCUT2D eigenvalue weighted by Gasteiger charge is 2.30. The lowest BCUT2D eigenvalue weighted by atomic mass is 10.2. The van der Waals surface area contributed by atoms with Gasteiger partial charge in [-0.2, -0.15) is 9.36 Å². The number of rotatable bonds is 4. The summed E-state index contributed by atoms with van der Waals surface area (Å²) < 4.78 is 4.48. The Kier molecular flexibility index (Phi) is 4.08. The van der Waals surface area contributed by atoms with Crippen LogP contribution in [0.5, 0.6) is 0 Å². The van der Waals surface area contributed by atoms with Crippen LogP contribution in [0.1, 0.15) is 32.1 Å². The molecule has 1 N–H and O–H groups in total. The lowest BCUT2D eigenvalue weighted by Gasteiger charge is -2.23. The first-order chi connectivity index (χ1) is 10.9. The van der Waals surface area contributed by atoms with E-state index < -0.39 is 0 Å². The van der Waals surface area contributed by atoms with Crippen molar-refractivity contribution in [1.82, 2.24) is 14.3 Å². The predicted octanol–water partition coefficient (Wildman–Crippen LogP) is 3.63. The van der Waals surface area contributed by atoms with Crippen molar-refractivity contribution in [2.75, 3.05) is 18.4 Å². The molecule has 2 aliphatic rings. The van der Waals surface area contributed by atoms with Gasteiger partial charge in [-0.15, -0.1) is 0 Å². The van der Waals surface area contributed by atoms with Crippen LogP contribution in [0.4, 0.5) is 5.13 Å². The molecule has 116 valence electrons. The first kappa shape index (κ1) is 14.2. The third-order valence-electron chi connectivity index (χ3n) is 4.85. The molecule has 1 aliphatic heterocycles. The number of aromatic nitrogens is 2. The van der Waals surface area contributed by atoms with E-state index in [2.05, 4.69) is 31.7 Å². The first-order valence-corrected chi connectivity index (χ1v) is 9.05. The van der Waals surface area contributed by atoms with Gasteiger partial charge < -0.3 is 5.32 Å². The number of anilines is 1. The summed E-state index contributed by atoms with van der Waals surface area (Å²) in [4.78, 5) is 7.31. The van der Waals surface area contributed by atoms with Gasteiger partial charge in [-0.1, -0.05) is 43.2 Å². The van der Waals surface area contributed by atoms with Crippen molar-refractivity contribution < 1.29 is 0 Å². The summed E-state index contributed by atoms with van der Waals surface area (Å²) in [6, 6.07) is 11.6. The van der Waals surface area contributed by atoms with Gasteiger partial charge in [-0.25, -0.2) is 0 Å². The number of nitrogens with one attached hydrogen (secondary N) is 1. The molecule has 4 nitrogen and oxygen atoms in total. The quantitative estimate of drug-likeness (QED) is 0.935. The van der Waals surface area contributed by atoms with Crippen LogP contribution in [0.25, 0.3) is 11.4 Å². The van der Waals surface area contributed by atoms with Gasteiger partial charge in [0.25, 0.3) is 0 Å². The maximum Gasteiger partial charge on any atom is 0.203 e. The van der Waals surface area contributed by atoms with E-state index in [9.17, 15) is 0 Å². The van der Waals surface area contributed by atoms with Crippen LogP contribution in [0.3, 0.4) is 0 Å². The Labute approximate surface area is 135 Å². The summed E-state index contributed by atoms with van der Waals surface area (Å²) in [5.74, 6) is 0.832. The van der Waals surface area contributed by atoms with Crippen LogP contribution in [0.15, 0.2) is 30.3 Å². The van der Waals surface area contributed by atoms with Crippen molar-refractivity contribution in [2.24, 2.45) is 0 Å². The van der Waals surface area contributed by atoms with Crippen molar-refractivity contribution in [2.45, 2.75) is 44.2 Å². The van der Waals surface area contributed by atoms with E-state index in [1.807, 2.05) is 18.2 Å². The Morgan fingerprint density at radius 1 is 1.09 bits per heavy atom. The molecular weight excluding hydrogens is 292 g/mol. The molecule has 0 radical (unpaired) electrons. The summed E-state index contributed by atoms with van der Waals surface area (Å²) in [5.41, 5.74) is 1.09. The van der Waals surface area contributed by atoms with Crippen molar-refractivity contribution in [3.8, 4) is 11.4 Å². The minimum absolute atomic E-state index is 0.525. The molecule has 2 heterocycles. The fourth-order valence-electron chi connectivity index (χ4n) is 3.67. The van der Waals surface area contributed by atoms with Gasteiger partial charge in [0.2, 0.25) is 5.13 Å². The van der Waals surface area contributed by atoms with Gasteiger partial charge in [0.1, 0.15) is 0 Å². The van der Waals surface area contributed by atoms with Gasteiger partial charge >= 0.3 is 0 Å². The maximum atomic E-state index is 4.64. The standard InChI is InChI=1S/C17H22N4S/c1-2-6-13(7-3-1)16-19-17(22-20-16)18-14-10-11-21(12-14)15-8-4-5-9-15/h1-3,6-7,14-15H,4-5,8-12H2,(H,18,19,20). The normalized spacial score (nSPS) is 23.2. The van der Waals surface area contributed by atoms with Gasteiger partial charge in [0.15, 0.2) is 5.82 Å². The third kappa shape index (κ3) is 3.01. The Hall–Kier alpha value is -1.46. The van der Waals surface area contributed by atoms with Crippen LogP contribution in [-0.4, -0.2) is 39.4 Å². The second-order valence-corrected chi connectivity index (χ2v) is 7.10. The van der Waals surface area contributed by atoms with Gasteiger partial charge in [-0.05, 0) is 19.3 Å². The summed E-state index contributed by atoms with van der Waals surface area (Å²) >= 11 is 1.47. The SMILES string of the molecule is c1ccc(-c2nsc(NC3CCN(C4CCCC4)C3)n2)cc1. The van der Waals surface area contributed by atoms with Gasteiger partial charge in [0.05, 0.1) is 0 Å². The summed E-state index contributed by atoms with van der Waals surface area (Å²) in [6.07, 6.45) is 6.83. The molecule has 1 saturated heterocycles. The van der Waals surface area contributed by atoms with Crippen molar-refractivity contribution in [3.63, 3.8) is 0 Å². The van der Waals surface area contributed by atoms with Crippen LogP contribution in [0.2, 0.25) is 0 Å². The van der Waals surface area contributed by atoms with Gasteiger partial charge in [-0.3, -0.25) is 4.90 Å². The average molecular weight is 314 g/mol. The molecule has 5 heteroatoms. The zero-order chi connectivity index (χ0) is 14.8. The Morgan fingerprint density at radius 2 is 1.91 bits per heavy atom. The molecule has 1 saturated carbocycles. The van der Waals surface area contributed by atoms with E-state index in [1.54, 1.807) is 0 Å². The monoisotopic (exact) mass is 314 g/mol. The average Bonchev–Trinajstić information content (AvgIpc) is 3.30. The molecule has 1 aromatic heterocycles. The summed E-state index contributed by atoms with van der Waals surface area (Å²) in [7, 11) is 0. The van der Waals surface area contributed by atoms with Crippen molar-refractivity contribution in [1.29, 1.82) is 0 Å². The van der Waals surface area contributed by atoms with Crippen LogP contribution < -0.4 is 5.32 Å². The molecule has 0 bridgehead atoms. The molecule has 1 atom stereocenters. The molecule has 0 spiro atoms. The molecule has 1 aliphatic carbocycles. The number of hydrogen-bond donors (Lipinski definition) is 1. The molecule has 4 rings (SSSR count). The highest BCUT2D eigenvalue weighted by atomic mass is 32.1. The van der Waals surface area contributed by atoms with Gasteiger partial charge in [0, 0.05) is 42.3 Å². The fraction of sp³-hybridized carbons (Fsp3) is 0.529. The van der Waals surface area contributed by atoms with E-state index in [0.717, 1.165) is 29.1 Å². The molecule has 1 aromatic carbocycles. The van der Waals surface area contributed by atoms with E-state index in [1.165, 1.54) is 50.2 Å². The van der Waals surface area contributed by atoms with Crippen LogP contribution in [0, 0.1) is 0 Å². The first-order valence-electron chi connectivity index (χ1n) is 8.28. The molecular formula is C17H22N4S. The van der Waals surface area contributed by atoms with E-state index in [4.69, 9.17) is 0 Å². The number of benzene rings is 1. The van der Waals surface area contributed by atoms with Crippen molar-refractivity contribution >= 4 is 16.7 Å². The highest BCUT2D eigenvalue weighted by molar-refractivity contribution is 7.09. The second kappa shape index (κ2) is 6.34. The third-order valence-corrected chi connectivity index (χ3v) is 5.49. The smallest absolute Gasteiger partial charge is 0.203 e. The lowest BCUT2D eigenvalue weighted by Crippen LogP contribution is -2.33. The zero-order valence-electron chi connectivity index (χ0n) is 12.7. The maximum absolute atomic E-state index is 4.64. The minimum atomic E-state index is 0.525. The molecule has 2 aromatic rings. The van der Waals surface area contributed by atoms with Crippen LogP contribution in [-0.2, 0) is 0 Å². The fourth-order valence-corrected chi connectivity index (χ4v) is 4.33. The van der Waals surface area contributed by atoms with E-state index >= 15 is 0 Å². The Bertz CT molecular complexity index is 606. The largest absolute Gasteiger partial charge is 0.356 e. The second-order valence-electron chi connectivity index (χ2n) is 6.35. The molecule has 0 amide bonds. The number of nitrogens with zero attached hydrogens (tertiary/aromatic N) is 3. The minimum Gasteiger partial charge on any atom is -0.356 e. The lowest BCUT2D eigenvalue weighted by molar-refractivity contribution is 0.245. The Morgan fingerprint density at radius 3 is 2.73 bits per heavy atom. The zero-order valence-corrected chi connectivity index (χ0v) is 13.6. The number of hydrogen-bond acceptors (Lipinski definition) is 5.